The third-order valence-corrected chi connectivity index (χ3v) is 4.59. The van der Waals surface area contributed by atoms with Crippen LogP contribution in [0.15, 0.2) is 40.3 Å². The first-order valence-electron chi connectivity index (χ1n) is 7.46. The highest BCUT2D eigenvalue weighted by Crippen LogP contribution is 2.28. The van der Waals surface area contributed by atoms with Crippen LogP contribution in [-0.2, 0) is 4.79 Å². The van der Waals surface area contributed by atoms with Crippen molar-refractivity contribution in [2.75, 3.05) is 5.32 Å². The molecule has 0 bridgehead atoms. The molecule has 1 aromatic carbocycles. The van der Waals surface area contributed by atoms with Crippen LogP contribution in [0.3, 0.4) is 0 Å². The van der Waals surface area contributed by atoms with E-state index in [1.165, 1.54) is 11.3 Å². The average molecular weight is 343 g/mol. The lowest BCUT2D eigenvalue weighted by Crippen LogP contribution is -2.30. The second-order valence-corrected chi connectivity index (χ2v) is 6.33. The van der Waals surface area contributed by atoms with Gasteiger partial charge in [-0.05, 0) is 59.7 Å². The molecule has 2 heterocycles. The Morgan fingerprint density at radius 3 is 2.83 bits per heavy atom. The number of anilines is 1. The maximum absolute atomic E-state index is 12.4. The van der Waals surface area contributed by atoms with Gasteiger partial charge in [0.05, 0.1) is 4.88 Å². The molecule has 3 aromatic rings. The number of hydrogen-bond donors (Lipinski definition) is 1. The summed E-state index contributed by atoms with van der Waals surface area (Å²) >= 11 is 1.49. The van der Waals surface area contributed by atoms with Crippen LogP contribution in [0.25, 0.3) is 10.6 Å². The standard InChI is InChI=1S/C17H17N3O3S/c1-10-6-4-7-13(11(10)2)22-12(3)17(21)18-16-15(19-23-20-16)14-8-5-9-24-14/h4-9,12H,1-3H3,(H,18,20,21)/t12-/m1/s1. The second kappa shape index (κ2) is 6.84. The van der Waals surface area contributed by atoms with Crippen molar-refractivity contribution in [3.8, 4) is 16.3 Å². The van der Waals surface area contributed by atoms with E-state index in [4.69, 9.17) is 9.37 Å². The minimum absolute atomic E-state index is 0.291. The topological polar surface area (TPSA) is 77.2 Å². The summed E-state index contributed by atoms with van der Waals surface area (Å²) in [6.45, 7) is 5.66. The summed E-state index contributed by atoms with van der Waals surface area (Å²) in [6.07, 6.45) is -0.682. The number of benzene rings is 1. The van der Waals surface area contributed by atoms with Gasteiger partial charge in [0.1, 0.15) is 5.75 Å². The number of nitrogens with one attached hydrogen (secondary N) is 1. The van der Waals surface area contributed by atoms with Crippen molar-refractivity contribution in [3.63, 3.8) is 0 Å². The Morgan fingerprint density at radius 1 is 1.25 bits per heavy atom. The van der Waals surface area contributed by atoms with Crippen LogP contribution < -0.4 is 10.1 Å². The van der Waals surface area contributed by atoms with Gasteiger partial charge < -0.3 is 10.1 Å². The third kappa shape index (κ3) is 3.30. The summed E-state index contributed by atoms with van der Waals surface area (Å²) in [7, 11) is 0. The number of amides is 1. The molecule has 0 aliphatic heterocycles. The number of ether oxygens (including phenoxy) is 1. The molecule has 0 aliphatic rings. The zero-order valence-corrected chi connectivity index (χ0v) is 14.4. The van der Waals surface area contributed by atoms with Crippen molar-refractivity contribution in [1.82, 2.24) is 10.3 Å². The van der Waals surface area contributed by atoms with E-state index >= 15 is 0 Å². The second-order valence-electron chi connectivity index (χ2n) is 5.39. The van der Waals surface area contributed by atoms with Crippen molar-refractivity contribution in [3.05, 3.63) is 46.8 Å². The lowest BCUT2D eigenvalue weighted by atomic mass is 10.1. The molecule has 3 rings (SSSR count). The van der Waals surface area contributed by atoms with Gasteiger partial charge in [-0.15, -0.1) is 11.3 Å². The van der Waals surface area contributed by atoms with Crippen LogP contribution in [0.2, 0.25) is 0 Å². The van der Waals surface area contributed by atoms with Crippen LogP contribution in [-0.4, -0.2) is 22.3 Å². The van der Waals surface area contributed by atoms with Crippen molar-refractivity contribution in [2.24, 2.45) is 0 Å². The molecule has 0 spiro atoms. The van der Waals surface area contributed by atoms with E-state index in [-0.39, 0.29) is 5.91 Å². The maximum atomic E-state index is 12.4. The van der Waals surface area contributed by atoms with Gasteiger partial charge in [-0.3, -0.25) is 4.79 Å². The molecule has 0 aliphatic carbocycles. The number of carbonyl (C=O) groups excluding carboxylic acids is 1. The molecule has 6 nitrogen and oxygen atoms in total. The highest BCUT2D eigenvalue weighted by Gasteiger charge is 2.21. The van der Waals surface area contributed by atoms with Gasteiger partial charge in [-0.25, -0.2) is 4.63 Å². The molecule has 124 valence electrons. The van der Waals surface area contributed by atoms with Crippen molar-refractivity contribution in [2.45, 2.75) is 26.9 Å². The van der Waals surface area contributed by atoms with Crippen molar-refractivity contribution in [1.29, 1.82) is 0 Å². The molecule has 0 saturated carbocycles. The highest BCUT2D eigenvalue weighted by atomic mass is 32.1. The predicted molar refractivity (Wildman–Crippen MR) is 92.2 cm³/mol. The van der Waals surface area contributed by atoms with Gasteiger partial charge >= 0.3 is 0 Å². The zero-order valence-electron chi connectivity index (χ0n) is 13.6. The Kier molecular flexibility index (Phi) is 4.61. The number of thiophene rings is 1. The van der Waals surface area contributed by atoms with E-state index in [1.807, 2.05) is 49.6 Å². The number of carbonyl (C=O) groups is 1. The van der Waals surface area contributed by atoms with E-state index in [9.17, 15) is 4.79 Å². The lowest BCUT2D eigenvalue weighted by Gasteiger charge is -2.16. The molecule has 1 N–H and O–H groups in total. The fourth-order valence-corrected chi connectivity index (χ4v) is 2.87. The number of nitrogens with zero attached hydrogens (tertiary/aromatic N) is 2. The molecular formula is C17H17N3O3S. The fourth-order valence-electron chi connectivity index (χ4n) is 2.16. The van der Waals surface area contributed by atoms with Crippen LogP contribution >= 0.6 is 11.3 Å². The molecular weight excluding hydrogens is 326 g/mol. The first kappa shape index (κ1) is 16.2. The van der Waals surface area contributed by atoms with Gasteiger partial charge in [-0.2, -0.15) is 0 Å². The molecule has 0 radical (unpaired) electrons. The maximum Gasteiger partial charge on any atom is 0.266 e. The van der Waals surface area contributed by atoms with E-state index < -0.39 is 6.10 Å². The van der Waals surface area contributed by atoms with E-state index in [1.54, 1.807) is 6.92 Å². The quantitative estimate of drug-likeness (QED) is 0.762. The summed E-state index contributed by atoms with van der Waals surface area (Å²) in [5, 5.41) is 12.2. The van der Waals surface area contributed by atoms with E-state index in [0.717, 1.165) is 16.0 Å². The van der Waals surface area contributed by atoms with Crippen molar-refractivity contribution >= 4 is 23.1 Å². The normalized spacial score (nSPS) is 12.0. The Hall–Kier alpha value is -2.67. The van der Waals surface area contributed by atoms with E-state index in [0.29, 0.717) is 17.3 Å². The highest BCUT2D eigenvalue weighted by molar-refractivity contribution is 7.13. The summed E-state index contributed by atoms with van der Waals surface area (Å²) in [6, 6.07) is 9.53. The first-order valence-corrected chi connectivity index (χ1v) is 8.34. The lowest BCUT2D eigenvalue weighted by molar-refractivity contribution is -0.122. The largest absolute Gasteiger partial charge is 0.481 e. The molecule has 0 saturated heterocycles. The van der Waals surface area contributed by atoms with Gasteiger partial charge in [0.2, 0.25) is 5.82 Å². The molecule has 1 amide bonds. The van der Waals surface area contributed by atoms with Gasteiger partial charge in [0.25, 0.3) is 5.91 Å². The summed E-state index contributed by atoms with van der Waals surface area (Å²) < 4.78 is 10.5. The zero-order chi connectivity index (χ0) is 17.1. The Labute approximate surface area is 143 Å². The first-order chi connectivity index (χ1) is 11.6. The minimum atomic E-state index is -0.682. The molecule has 24 heavy (non-hydrogen) atoms. The fraction of sp³-hybridized carbons (Fsp3) is 0.235. The molecule has 7 heteroatoms. The average Bonchev–Trinajstić information content (AvgIpc) is 3.22. The van der Waals surface area contributed by atoms with Gasteiger partial charge in [-0.1, -0.05) is 18.2 Å². The van der Waals surface area contributed by atoms with Crippen LogP contribution in [0, 0.1) is 13.8 Å². The summed E-state index contributed by atoms with van der Waals surface area (Å²) in [4.78, 5) is 13.3. The van der Waals surface area contributed by atoms with E-state index in [2.05, 4.69) is 15.6 Å². The predicted octanol–water partition coefficient (Wildman–Crippen LogP) is 3.82. The van der Waals surface area contributed by atoms with Gasteiger partial charge in [0.15, 0.2) is 11.8 Å². The third-order valence-electron chi connectivity index (χ3n) is 3.71. The smallest absolute Gasteiger partial charge is 0.266 e. The summed E-state index contributed by atoms with van der Waals surface area (Å²) in [5.74, 6) is 0.665. The molecule has 1 atom stereocenters. The number of aromatic nitrogens is 2. The van der Waals surface area contributed by atoms with Gasteiger partial charge in [0, 0.05) is 0 Å². The molecule has 0 unspecified atom stereocenters. The minimum Gasteiger partial charge on any atom is -0.481 e. The van der Waals surface area contributed by atoms with Crippen LogP contribution in [0.5, 0.6) is 5.75 Å². The Bertz CT molecular complexity index is 843. The molecule has 2 aromatic heterocycles. The number of hydrogen-bond acceptors (Lipinski definition) is 6. The Balaban J connectivity index is 1.71. The number of aryl methyl sites for hydroxylation is 1. The van der Waals surface area contributed by atoms with Crippen LogP contribution in [0.1, 0.15) is 18.1 Å². The number of rotatable bonds is 5. The Morgan fingerprint density at radius 2 is 2.08 bits per heavy atom. The van der Waals surface area contributed by atoms with Crippen LogP contribution in [0.4, 0.5) is 5.82 Å². The molecule has 0 fully saturated rings. The van der Waals surface area contributed by atoms with Crippen molar-refractivity contribution < 1.29 is 14.2 Å². The monoisotopic (exact) mass is 343 g/mol. The summed E-state index contributed by atoms with van der Waals surface area (Å²) in [5.41, 5.74) is 2.64. The SMILES string of the molecule is Cc1cccc(O[C@H](C)C(=O)Nc2nonc2-c2cccs2)c1C.